The fraction of sp³-hybridized carbons (Fsp3) is 0.450. The van der Waals surface area contributed by atoms with Gasteiger partial charge in [-0.1, -0.05) is 29.8 Å². The number of likely N-dealkylation sites (tertiary alicyclic amines) is 1. The molecule has 1 aliphatic heterocycles. The highest BCUT2D eigenvalue weighted by molar-refractivity contribution is 5.91. The quantitative estimate of drug-likeness (QED) is 0.925. The van der Waals surface area contributed by atoms with Crippen molar-refractivity contribution in [3.8, 4) is 0 Å². The van der Waals surface area contributed by atoms with Crippen molar-refractivity contribution in [3.63, 3.8) is 0 Å². The zero-order chi connectivity index (χ0) is 17.4. The van der Waals surface area contributed by atoms with Crippen LogP contribution in [0.5, 0.6) is 0 Å². The molecule has 4 rings (SSSR count). The summed E-state index contributed by atoms with van der Waals surface area (Å²) >= 11 is 0. The van der Waals surface area contributed by atoms with Crippen LogP contribution < -0.4 is 0 Å². The molecule has 1 aromatic carbocycles. The molecule has 2 heterocycles. The van der Waals surface area contributed by atoms with Gasteiger partial charge in [0.1, 0.15) is 0 Å². The highest BCUT2D eigenvalue weighted by atomic mass is 16.3. The van der Waals surface area contributed by atoms with E-state index in [0.29, 0.717) is 19.5 Å². The van der Waals surface area contributed by atoms with Crippen LogP contribution in [0, 0.1) is 12.8 Å². The maximum atomic E-state index is 13.1. The molecule has 130 valence electrons. The smallest absolute Gasteiger partial charge is 0.233 e. The standard InChI is InChI=1S/C20H23N3O2/c1-14-2-4-16(5-3-14)20(6-7-20)19(25)23-12-15(18(24)13-23)10-17-11-21-8-9-22-17/h2-5,8-9,11,15,18,24H,6-7,10,12-13H2,1H3/t15-,18-/m1/s1. The minimum atomic E-state index is -0.500. The van der Waals surface area contributed by atoms with Crippen molar-refractivity contribution in [2.45, 2.75) is 37.7 Å². The summed E-state index contributed by atoms with van der Waals surface area (Å²) in [5.41, 5.74) is 2.80. The van der Waals surface area contributed by atoms with Gasteiger partial charge in [-0.2, -0.15) is 0 Å². The van der Waals surface area contributed by atoms with Crippen LogP contribution in [-0.2, 0) is 16.6 Å². The number of carbonyl (C=O) groups is 1. The third-order valence-electron chi connectivity index (χ3n) is 5.55. The largest absolute Gasteiger partial charge is 0.391 e. The second-order valence-corrected chi connectivity index (χ2v) is 7.39. The predicted octanol–water partition coefficient (Wildman–Crippen LogP) is 1.88. The minimum Gasteiger partial charge on any atom is -0.391 e. The second-order valence-electron chi connectivity index (χ2n) is 7.39. The molecular weight excluding hydrogens is 314 g/mol. The summed E-state index contributed by atoms with van der Waals surface area (Å²) in [5, 5.41) is 10.4. The molecule has 25 heavy (non-hydrogen) atoms. The Balaban J connectivity index is 1.47. The molecule has 0 spiro atoms. The van der Waals surface area contributed by atoms with E-state index in [1.54, 1.807) is 18.6 Å². The van der Waals surface area contributed by atoms with Gasteiger partial charge in [-0.15, -0.1) is 0 Å². The van der Waals surface area contributed by atoms with E-state index in [1.165, 1.54) is 5.56 Å². The number of carbonyl (C=O) groups excluding carboxylic acids is 1. The van der Waals surface area contributed by atoms with Gasteiger partial charge in [0.25, 0.3) is 0 Å². The van der Waals surface area contributed by atoms with Crippen molar-refractivity contribution >= 4 is 5.91 Å². The number of amides is 1. The molecule has 5 nitrogen and oxygen atoms in total. The molecule has 2 atom stereocenters. The average Bonchev–Trinajstić information content (AvgIpc) is 3.35. The number of aromatic nitrogens is 2. The van der Waals surface area contributed by atoms with Crippen molar-refractivity contribution in [2.75, 3.05) is 13.1 Å². The van der Waals surface area contributed by atoms with Crippen LogP contribution in [0.4, 0.5) is 0 Å². The SMILES string of the molecule is Cc1ccc(C2(C(=O)N3C[C@@H](Cc4cnccn4)[C@H](O)C3)CC2)cc1. The van der Waals surface area contributed by atoms with E-state index < -0.39 is 6.10 Å². The van der Waals surface area contributed by atoms with Crippen molar-refractivity contribution in [1.82, 2.24) is 14.9 Å². The van der Waals surface area contributed by atoms with Gasteiger partial charge in [0.2, 0.25) is 5.91 Å². The highest BCUT2D eigenvalue weighted by Gasteiger charge is 2.54. The summed E-state index contributed by atoms with van der Waals surface area (Å²) in [7, 11) is 0. The Hall–Kier alpha value is -2.27. The Morgan fingerprint density at radius 3 is 2.64 bits per heavy atom. The van der Waals surface area contributed by atoms with E-state index in [9.17, 15) is 9.90 Å². The number of aryl methyl sites for hydroxylation is 1. The van der Waals surface area contributed by atoms with Gasteiger partial charge in [0, 0.05) is 37.6 Å². The van der Waals surface area contributed by atoms with Gasteiger partial charge in [0.05, 0.1) is 17.2 Å². The number of hydrogen-bond acceptors (Lipinski definition) is 4. The van der Waals surface area contributed by atoms with Gasteiger partial charge < -0.3 is 10.0 Å². The Morgan fingerprint density at radius 2 is 2.00 bits per heavy atom. The van der Waals surface area contributed by atoms with Crippen LogP contribution >= 0.6 is 0 Å². The Morgan fingerprint density at radius 1 is 1.24 bits per heavy atom. The lowest BCUT2D eigenvalue weighted by Gasteiger charge is -2.23. The maximum absolute atomic E-state index is 13.1. The molecule has 0 unspecified atom stereocenters. The summed E-state index contributed by atoms with van der Waals surface area (Å²) in [6.45, 7) is 3.06. The highest BCUT2D eigenvalue weighted by Crippen LogP contribution is 2.50. The monoisotopic (exact) mass is 337 g/mol. The van der Waals surface area contributed by atoms with Crippen LogP contribution in [0.2, 0.25) is 0 Å². The van der Waals surface area contributed by atoms with Crippen molar-refractivity contribution < 1.29 is 9.90 Å². The Labute approximate surface area is 147 Å². The molecule has 1 aliphatic carbocycles. The summed E-state index contributed by atoms with van der Waals surface area (Å²) in [6, 6.07) is 8.28. The lowest BCUT2D eigenvalue weighted by atomic mass is 9.93. The van der Waals surface area contributed by atoms with E-state index in [2.05, 4.69) is 41.2 Å². The second kappa shape index (κ2) is 6.23. The number of nitrogens with zero attached hydrogens (tertiary/aromatic N) is 3. The van der Waals surface area contributed by atoms with Gasteiger partial charge in [-0.25, -0.2) is 0 Å². The number of benzene rings is 1. The van der Waals surface area contributed by atoms with Gasteiger partial charge in [-0.05, 0) is 31.7 Å². The molecule has 2 fully saturated rings. The van der Waals surface area contributed by atoms with Crippen molar-refractivity contribution in [3.05, 3.63) is 59.7 Å². The van der Waals surface area contributed by atoms with Crippen molar-refractivity contribution in [1.29, 1.82) is 0 Å². The predicted molar refractivity (Wildman–Crippen MR) is 93.9 cm³/mol. The molecule has 1 N–H and O–H groups in total. The lowest BCUT2D eigenvalue weighted by Crippen LogP contribution is -2.38. The molecule has 2 aliphatic rings. The summed E-state index contributed by atoms with van der Waals surface area (Å²) in [5.74, 6) is 0.187. The van der Waals surface area contributed by atoms with Crippen LogP contribution in [0.1, 0.15) is 29.7 Å². The van der Waals surface area contributed by atoms with Gasteiger partial charge in [0.15, 0.2) is 0 Å². The summed E-state index contributed by atoms with van der Waals surface area (Å²) in [6.07, 6.45) is 6.98. The first kappa shape index (κ1) is 16.2. The minimum absolute atomic E-state index is 0.0227. The Bertz CT molecular complexity index is 756. The van der Waals surface area contributed by atoms with Crippen LogP contribution in [-0.4, -0.2) is 45.1 Å². The first-order chi connectivity index (χ1) is 12.1. The fourth-order valence-electron chi connectivity index (χ4n) is 3.85. The van der Waals surface area contributed by atoms with Gasteiger partial charge in [-0.3, -0.25) is 14.8 Å². The van der Waals surface area contributed by atoms with Gasteiger partial charge >= 0.3 is 0 Å². The van der Waals surface area contributed by atoms with E-state index in [-0.39, 0.29) is 17.2 Å². The van der Waals surface area contributed by atoms with E-state index >= 15 is 0 Å². The lowest BCUT2D eigenvalue weighted by molar-refractivity contribution is -0.133. The maximum Gasteiger partial charge on any atom is 0.233 e. The number of β-amino-alcohol motifs (C(OH)–C–C–N with tert-alkyl or cyclic N) is 1. The van der Waals surface area contributed by atoms with Crippen LogP contribution in [0.15, 0.2) is 42.9 Å². The molecule has 0 radical (unpaired) electrons. The van der Waals surface area contributed by atoms with E-state index in [0.717, 1.165) is 24.1 Å². The Kier molecular flexibility index (Phi) is 4.04. The molecular formula is C20H23N3O2. The number of hydrogen-bond donors (Lipinski definition) is 1. The van der Waals surface area contributed by atoms with Crippen molar-refractivity contribution in [2.24, 2.45) is 5.92 Å². The van der Waals surface area contributed by atoms with Crippen LogP contribution in [0.25, 0.3) is 0 Å². The number of aliphatic hydroxyl groups is 1. The van der Waals surface area contributed by atoms with E-state index in [1.807, 2.05) is 4.90 Å². The molecule has 1 aromatic heterocycles. The summed E-state index contributed by atoms with van der Waals surface area (Å²) in [4.78, 5) is 23.4. The molecule has 0 bridgehead atoms. The molecule has 1 saturated carbocycles. The number of rotatable bonds is 4. The molecule has 1 saturated heterocycles. The number of aliphatic hydroxyl groups excluding tert-OH is 1. The topological polar surface area (TPSA) is 66.3 Å². The molecule has 2 aromatic rings. The third kappa shape index (κ3) is 3.04. The zero-order valence-corrected chi connectivity index (χ0v) is 14.4. The normalized spacial score (nSPS) is 24.3. The summed E-state index contributed by atoms with van der Waals surface area (Å²) < 4.78 is 0. The average molecular weight is 337 g/mol. The van der Waals surface area contributed by atoms with Crippen LogP contribution in [0.3, 0.4) is 0 Å². The fourth-order valence-corrected chi connectivity index (χ4v) is 3.85. The molecule has 1 amide bonds. The third-order valence-corrected chi connectivity index (χ3v) is 5.55. The zero-order valence-electron chi connectivity index (χ0n) is 14.4. The van der Waals surface area contributed by atoms with E-state index in [4.69, 9.17) is 0 Å². The first-order valence-electron chi connectivity index (χ1n) is 8.88. The first-order valence-corrected chi connectivity index (χ1v) is 8.88. The molecule has 5 heteroatoms.